The molecule has 1 atom stereocenters. The van der Waals surface area contributed by atoms with Gasteiger partial charge >= 0.3 is 0 Å². The number of ether oxygens (including phenoxy) is 2. The van der Waals surface area contributed by atoms with E-state index in [0.717, 1.165) is 15.9 Å². The van der Waals surface area contributed by atoms with E-state index < -0.39 is 39.0 Å². The highest BCUT2D eigenvalue weighted by Crippen LogP contribution is 2.40. The number of carbonyl (C=O) groups is 1. The van der Waals surface area contributed by atoms with E-state index in [0.29, 0.717) is 17.7 Å². The summed E-state index contributed by atoms with van der Waals surface area (Å²) in [6.07, 6.45) is 0.452. The highest BCUT2D eigenvalue weighted by Gasteiger charge is 2.36. The first-order chi connectivity index (χ1) is 18.3. The predicted molar refractivity (Wildman–Crippen MR) is 147 cm³/mol. The summed E-state index contributed by atoms with van der Waals surface area (Å²) in [5, 5.41) is 14.7. The molecule has 0 spiro atoms. The number of sulfonamides is 1. The van der Waals surface area contributed by atoms with Crippen LogP contribution in [0.15, 0.2) is 65.6 Å². The second kappa shape index (κ2) is 10.7. The number of anilines is 1. The molecule has 1 amide bonds. The molecule has 206 valence electrons. The number of halogens is 1. The van der Waals surface area contributed by atoms with E-state index in [1.807, 2.05) is 38.1 Å². The minimum atomic E-state index is -4.49. The van der Waals surface area contributed by atoms with Crippen molar-refractivity contribution in [3.8, 4) is 11.5 Å². The first-order valence-corrected chi connectivity index (χ1v) is 13.8. The number of amides is 1. The molecule has 4 rings (SSSR count). The quantitative estimate of drug-likeness (QED) is 0.290. The maximum absolute atomic E-state index is 13.9. The summed E-state index contributed by atoms with van der Waals surface area (Å²) in [5.74, 6) is 0.182. The molecule has 1 aliphatic rings. The van der Waals surface area contributed by atoms with Crippen molar-refractivity contribution >= 4 is 38.9 Å². The third-order valence-corrected chi connectivity index (χ3v) is 8.36. The average molecular weight is 574 g/mol. The van der Waals surface area contributed by atoms with Crippen LogP contribution in [0.25, 0.3) is 0 Å². The van der Waals surface area contributed by atoms with Crippen molar-refractivity contribution in [2.24, 2.45) is 0 Å². The number of nitro groups is 1. The van der Waals surface area contributed by atoms with Gasteiger partial charge in [-0.05, 0) is 51.1 Å². The molecule has 3 aromatic rings. The molecule has 1 N–H and O–H groups in total. The third-order valence-electron chi connectivity index (χ3n) is 6.37. The lowest BCUT2D eigenvalue weighted by Crippen LogP contribution is -2.45. The number of hydrogen-bond donors (Lipinski definition) is 1. The predicted octanol–water partition coefficient (Wildman–Crippen LogP) is 5.18. The monoisotopic (exact) mass is 573 g/mol. The Balaban J connectivity index is 1.75. The Morgan fingerprint density at radius 2 is 1.92 bits per heavy atom. The summed E-state index contributed by atoms with van der Waals surface area (Å²) in [7, 11) is -3.13. The van der Waals surface area contributed by atoms with E-state index >= 15 is 0 Å². The molecular weight excluding hydrogens is 546 g/mol. The van der Waals surface area contributed by atoms with Gasteiger partial charge in [0.2, 0.25) is 5.91 Å². The Kier molecular flexibility index (Phi) is 7.76. The molecule has 0 saturated carbocycles. The minimum absolute atomic E-state index is 0.0103. The normalized spacial score (nSPS) is 16.0. The molecule has 10 nitrogen and oxygen atoms in total. The van der Waals surface area contributed by atoms with E-state index in [-0.39, 0.29) is 27.0 Å². The fourth-order valence-corrected chi connectivity index (χ4v) is 6.14. The Hall–Kier alpha value is -3.83. The summed E-state index contributed by atoms with van der Waals surface area (Å²) in [4.78, 5) is 24.0. The van der Waals surface area contributed by atoms with Gasteiger partial charge in [-0.15, -0.1) is 0 Å². The van der Waals surface area contributed by atoms with Crippen LogP contribution in [-0.2, 0) is 14.8 Å². The summed E-state index contributed by atoms with van der Waals surface area (Å²) >= 11 is 6.20. The molecule has 1 aliphatic heterocycles. The zero-order valence-electron chi connectivity index (χ0n) is 21.8. The molecule has 12 heteroatoms. The Morgan fingerprint density at radius 1 is 1.21 bits per heavy atom. The van der Waals surface area contributed by atoms with Gasteiger partial charge in [0.1, 0.15) is 23.6 Å². The maximum atomic E-state index is 13.9. The van der Waals surface area contributed by atoms with Gasteiger partial charge in [-0.1, -0.05) is 35.9 Å². The lowest BCUT2D eigenvalue weighted by atomic mass is 9.89. The number of benzene rings is 3. The molecule has 0 bridgehead atoms. The van der Waals surface area contributed by atoms with Crippen molar-refractivity contribution in [3.63, 3.8) is 0 Å². The number of aryl methyl sites for hydroxylation is 1. The largest absolute Gasteiger partial charge is 0.495 e. The second-order valence-corrected chi connectivity index (χ2v) is 12.1. The molecular formula is C27H28ClN3O7S. The molecule has 0 saturated heterocycles. The standard InChI is InChI=1S/C27H28ClN3O7S/c1-17-9-11-19(14-22(17)31(33)34)39(35,36)30(23-13-18(28)10-12-25(23)37-4)16-26(32)29-21-15-27(2,3)38-24-8-6-5-7-20(21)24/h5-14,21H,15-16H2,1-4H3,(H,29,32). The zero-order chi connectivity index (χ0) is 28.5. The second-order valence-electron chi connectivity index (χ2n) is 9.76. The summed E-state index contributed by atoms with van der Waals surface area (Å²) < 4.78 is 40.1. The van der Waals surface area contributed by atoms with E-state index in [1.165, 1.54) is 44.4 Å². The molecule has 0 radical (unpaired) electrons. The van der Waals surface area contributed by atoms with Crippen molar-refractivity contribution in [3.05, 3.63) is 86.9 Å². The number of para-hydroxylation sites is 1. The molecule has 3 aromatic carbocycles. The van der Waals surface area contributed by atoms with Gasteiger partial charge in [0, 0.05) is 28.6 Å². The lowest BCUT2D eigenvalue weighted by molar-refractivity contribution is -0.385. The van der Waals surface area contributed by atoms with Crippen LogP contribution in [0.2, 0.25) is 5.02 Å². The van der Waals surface area contributed by atoms with E-state index in [9.17, 15) is 23.3 Å². The fourth-order valence-electron chi connectivity index (χ4n) is 4.53. The summed E-state index contributed by atoms with van der Waals surface area (Å²) in [6.45, 7) is 4.67. The van der Waals surface area contributed by atoms with Crippen molar-refractivity contribution in [2.45, 2.75) is 43.7 Å². The highest BCUT2D eigenvalue weighted by atomic mass is 35.5. The van der Waals surface area contributed by atoms with Crippen LogP contribution >= 0.6 is 11.6 Å². The van der Waals surface area contributed by atoms with Crippen LogP contribution in [0.3, 0.4) is 0 Å². The van der Waals surface area contributed by atoms with Gasteiger partial charge in [-0.2, -0.15) is 0 Å². The summed E-state index contributed by atoms with van der Waals surface area (Å²) in [6, 6.07) is 14.8. The van der Waals surface area contributed by atoms with Crippen LogP contribution < -0.4 is 19.1 Å². The van der Waals surface area contributed by atoms with Gasteiger partial charge in [-0.3, -0.25) is 19.2 Å². The zero-order valence-corrected chi connectivity index (χ0v) is 23.4. The van der Waals surface area contributed by atoms with E-state index in [1.54, 1.807) is 0 Å². The van der Waals surface area contributed by atoms with Gasteiger partial charge in [0.15, 0.2) is 0 Å². The number of nitro benzene ring substituents is 1. The van der Waals surface area contributed by atoms with E-state index in [4.69, 9.17) is 21.1 Å². The van der Waals surface area contributed by atoms with Crippen LogP contribution in [0.1, 0.15) is 37.4 Å². The molecule has 39 heavy (non-hydrogen) atoms. The first-order valence-electron chi connectivity index (χ1n) is 12.0. The minimum Gasteiger partial charge on any atom is -0.495 e. The average Bonchev–Trinajstić information content (AvgIpc) is 2.86. The van der Waals surface area contributed by atoms with Crippen molar-refractivity contribution in [1.82, 2.24) is 5.32 Å². The molecule has 0 fully saturated rings. The van der Waals surface area contributed by atoms with Crippen LogP contribution in [0, 0.1) is 17.0 Å². The topological polar surface area (TPSA) is 128 Å². The first kappa shape index (κ1) is 28.2. The van der Waals surface area contributed by atoms with Crippen molar-refractivity contribution in [2.75, 3.05) is 18.0 Å². The molecule has 1 unspecified atom stereocenters. The lowest BCUT2D eigenvalue weighted by Gasteiger charge is -2.38. The third kappa shape index (κ3) is 5.94. The number of carbonyl (C=O) groups excluding carboxylic acids is 1. The van der Waals surface area contributed by atoms with Gasteiger partial charge in [0.25, 0.3) is 15.7 Å². The molecule has 0 aromatic heterocycles. The number of methoxy groups -OCH3 is 1. The van der Waals surface area contributed by atoms with Gasteiger partial charge in [-0.25, -0.2) is 8.42 Å². The van der Waals surface area contributed by atoms with Crippen molar-refractivity contribution < 1.29 is 27.6 Å². The van der Waals surface area contributed by atoms with Crippen LogP contribution in [-0.4, -0.2) is 38.5 Å². The maximum Gasteiger partial charge on any atom is 0.273 e. The number of rotatable bonds is 8. The SMILES string of the molecule is COc1ccc(Cl)cc1N(CC(=O)NC1CC(C)(C)Oc2ccccc21)S(=O)(=O)c1ccc(C)c([N+](=O)[O-])c1. The Morgan fingerprint density at radius 3 is 2.62 bits per heavy atom. The summed E-state index contributed by atoms with van der Waals surface area (Å²) in [5.41, 5.74) is 0.142. The number of nitrogens with zero attached hydrogens (tertiary/aromatic N) is 2. The smallest absolute Gasteiger partial charge is 0.273 e. The van der Waals surface area contributed by atoms with Gasteiger partial charge < -0.3 is 14.8 Å². The number of fused-ring (bicyclic) bond motifs is 1. The van der Waals surface area contributed by atoms with Crippen molar-refractivity contribution in [1.29, 1.82) is 0 Å². The molecule has 1 heterocycles. The van der Waals surface area contributed by atoms with E-state index in [2.05, 4.69) is 5.32 Å². The molecule has 0 aliphatic carbocycles. The number of nitrogens with one attached hydrogen (secondary N) is 1. The Labute approximate surface area is 231 Å². The van der Waals surface area contributed by atoms with Gasteiger partial charge in [0.05, 0.1) is 28.7 Å². The van der Waals surface area contributed by atoms with Crippen LogP contribution in [0.4, 0.5) is 11.4 Å². The van der Waals surface area contributed by atoms with Crippen LogP contribution in [0.5, 0.6) is 11.5 Å². The number of hydrogen-bond acceptors (Lipinski definition) is 7. The Bertz CT molecular complexity index is 1540. The highest BCUT2D eigenvalue weighted by molar-refractivity contribution is 7.92. The fraction of sp³-hybridized carbons (Fsp3) is 0.296.